The third-order valence-corrected chi connectivity index (χ3v) is 22.0. The van der Waals surface area contributed by atoms with E-state index in [9.17, 15) is 87.5 Å². The average molecular weight is 2020 g/mol. The Morgan fingerprint density at radius 2 is 0.686 bits per heavy atom. The van der Waals surface area contributed by atoms with Crippen LogP contribution >= 0.6 is 34.8 Å². The van der Waals surface area contributed by atoms with Crippen LogP contribution in [-0.2, 0) is 64.4 Å². The first kappa shape index (κ1) is 108. The van der Waals surface area contributed by atoms with Crippen LogP contribution in [0.3, 0.4) is 0 Å². The number of nitrogens with zero attached hydrogens (tertiary/aromatic N) is 10. The lowest BCUT2D eigenvalue weighted by Crippen LogP contribution is -2.41. The number of methoxy groups -OCH3 is 2. The molecule has 12 rings (SSSR count). The summed E-state index contributed by atoms with van der Waals surface area (Å²) in [4.78, 5) is 161. The Balaban J connectivity index is 0.000000217. The van der Waals surface area contributed by atoms with Crippen molar-refractivity contribution in [1.29, 1.82) is 0 Å². The predicted molar refractivity (Wildman–Crippen MR) is 494 cm³/mol. The number of unbranched alkanes of at least 4 members (excludes halogenated alkanes) is 2. The number of ketones is 2. The van der Waals surface area contributed by atoms with Gasteiger partial charge in [-0.3, -0.25) is 33.6 Å². The number of aromatic nitrogens is 9. The van der Waals surface area contributed by atoms with Gasteiger partial charge >= 0.3 is 54.5 Å². The minimum atomic E-state index is -4.62. The Bertz CT molecular complexity index is 5780. The Hall–Kier alpha value is -14.2. The third kappa shape index (κ3) is 33.9. The first-order valence-corrected chi connectivity index (χ1v) is 44.7. The molecule has 6 aromatic carbocycles. The SMILES string of the molecule is CCOC(=O)[C@H](CCCCC(=O)C(=O)NC)NC(=O)c1ccc(Nc2nc(NC3(c4ccc(Cl)cc4)CC3)nc(OCC(F)(F)F)n2)cc1.COC(=O)[C@H](CCCCC(=O)C(=O)N(C)C)NC(=O)c1ccc(Nc2nc(NC3(c4ccc(Cl)cc4)CC3)nc(OCC(F)(F)F)n2)cc1.COC(=O)[C@H](CCCN)NC(=O)c1ccc(Nc2nc(NC3(c4ccc(Cl)cc4)CC3)nc(OCC(F)(F)F)n2)cc1. The number of anilines is 9. The summed E-state index contributed by atoms with van der Waals surface area (Å²) in [6.07, 6.45) is -6.87. The van der Waals surface area contributed by atoms with Gasteiger partial charge in [-0.05, 0) is 216 Å². The van der Waals surface area contributed by atoms with Gasteiger partial charge in [0.15, 0.2) is 19.8 Å². The molecule has 0 spiro atoms. The van der Waals surface area contributed by atoms with E-state index in [-0.39, 0.29) is 84.7 Å². The standard InChI is InChI=1S/2C32H35ClF3N7O6.C27H29ClF3N7O4/c1-43(2)26(46)24(44)7-5-4-6-23(27(47)48-3)38-25(45)19-8-14-22(15-9-19)37-28-39-29(41-30(40-28)49-18-32(34,35)36)42-31(16-17-31)20-10-12-21(33)13-11-20;1-3-48-27(47)23(6-4-5-7-24(44)26(46)37-2)39-25(45)19-8-14-22(15-9-19)38-28-40-29(42-30(41-28)49-18-32(34,35)36)43-31(16-17-31)20-10-12-21(33)13-11-20;1-41-22(40)20(3-2-14-32)34-21(39)16-4-10-19(11-5-16)33-23-35-24(37-25(36-23)42-15-27(29,30)31)38-26(12-13-26)17-6-8-18(28)9-7-17/h8-15,23H,4-7,16-18H2,1-3H3,(H,38,45)(H2,37,39,40,41,42);8-15,23H,3-7,16-18H2,1-2H3,(H,37,46)(H,39,45)(H2,38,40,41,42,43);4-11,20H,2-3,12-15,32H2,1H3,(H,34,39)(H2,33,35,36,37,38)/t2*23-;20-/m000/s1. The maximum atomic E-state index is 13.0. The van der Waals surface area contributed by atoms with E-state index in [0.29, 0.717) is 77.2 Å². The molecule has 12 N–H and O–H groups in total. The van der Waals surface area contributed by atoms with Gasteiger partial charge in [-0.25, -0.2) is 14.4 Å². The first-order valence-electron chi connectivity index (χ1n) is 43.5. The van der Waals surface area contributed by atoms with Crippen LogP contribution in [0.5, 0.6) is 18.0 Å². The lowest BCUT2D eigenvalue weighted by atomic mass is 10.1. The molecule has 748 valence electrons. The number of carbonyl (C=O) groups is 10. The number of esters is 3. The summed E-state index contributed by atoms with van der Waals surface area (Å²) in [6, 6.07) is 35.0. The molecular weight excluding hydrogens is 1920 g/mol. The maximum Gasteiger partial charge on any atom is 0.422 e. The molecule has 0 aliphatic heterocycles. The predicted octanol–water partition coefficient (Wildman–Crippen LogP) is 14.0. The fraction of sp³-hybridized carbons (Fsp3) is 0.396. The van der Waals surface area contributed by atoms with E-state index in [2.05, 4.69) is 98.0 Å². The topological polar surface area (TPSA) is 492 Å². The van der Waals surface area contributed by atoms with Crippen LogP contribution in [0.25, 0.3) is 0 Å². The highest BCUT2D eigenvalue weighted by molar-refractivity contribution is 6.36. The van der Waals surface area contributed by atoms with Gasteiger partial charge in [0.05, 0.1) is 37.4 Å². The molecule has 3 aromatic heterocycles. The smallest absolute Gasteiger partial charge is 0.422 e. The van der Waals surface area contributed by atoms with Crippen LogP contribution in [0.2, 0.25) is 15.1 Å². The minimum absolute atomic E-state index is 0.00442. The van der Waals surface area contributed by atoms with Crippen LogP contribution in [0.15, 0.2) is 146 Å². The second-order valence-corrected chi connectivity index (χ2v) is 33.5. The van der Waals surface area contributed by atoms with Gasteiger partial charge in [0.1, 0.15) is 18.1 Å². The van der Waals surface area contributed by atoms with Gasteiger partial charge in [0.2, 0.25) is 47.3 Å². The van der Waals surface area contributed by atoms with Gasteiger partial charge in [-0.1, -0.05) is 84.0 Å². The fourth-order valence-corrected chi connectivity index (χ4v) is 13.9. The number of benzene rings is 6. The summed E-state index contributed by atoms with van der Waals surface area (Å²) in [5.74, 6) is -6.30. The molecule has 49 heteroatoms. The Labute approximate surface area is 810 Å². The van der Waals surface area contributed by atoms with Crippen LogP contribution in [0, 0.1) is 0 Å². The lowest BCUT2D eigenvalue weighted by molar-refractivity contribution is -0.155. The fourth-order valence-electron chi connectivity index (χ4n) is 13.5. The van der Waals surface area contributed by atoms with Crippen LogP contribution in [-0.4, -0.2) is 214 Å². The molecule has 5 amide bonds. The number of alkyl halides is 9. The number of halogens is 12. The van der Waals surface area contributed by atoms with Gasteiger partial charge in [-0.2, -0.15) is 84.4 Å². The first-order chi connectivity index (χ1) is 66.5. The van der Waals surface area contributed by atoms with Gasteiger partial charge in [-0.15, -0.1) is 0 Å². The largest absolute Gasteiger partial charge is 0.467 e. The summed E-state index contributed by atoms with van der Waals surface area (Å²) in [6.45, 7) is -2.72. The molecule has 0 unspecified atom stereocenters. The monoisotopic (exact) mass is 2020 g/mol. The molecule has 3 saturated carbocycles. The highest BCUT2D eigenvalue weighted by Crippen LogP contribution is 2.51. The van der Waals surface area contributed by atoms with Crippen LogP contribution in [0.1, 0.15) is 157 Å². The van der Waals surface area contributed by atoms with Gasteiger partial charge in [0, 0.05) is 82.8 Å². The summed E-state index contributed by atoms with van der Waals surface area (Å²) in [7, 11) is 6.73. The molecule has 0 radical (unpaired) electrons. The number of carbonyl (C=O) groups excluding carboxylic acids is 10. The third-order valence-electron chi connectivity index (χ3n) is 21.2. The molecule has 3 aliphatic carbocycles. The van der Waals surface area contributed by atoms with Crippen molar-refractivity contribution in [2.75, 3.05) is 100 Å². The number of Topliss-reactive ketones (excluding diaryl/α,β-unsaturated/α-hetero) is 2. The minimum Gasteiger partial charge on any atom is -0.467 e. The Morgan fingerprint density at radius 1 is 0.400 bits per heavy atom. The van der Waals surface area contributed by atoms with Gasteiger partial charge < -0.3 is 92.2 Å². The normalized spacial score (nSPS) is 14.0. The average Bonchev–Trinajstić information content (AvgIpc) is 1.62. The molecule has 9 aromatic rings. The Morgan fingerprint density at radius 3 is 0.950 bits per heavy atom. The number of hydrogen-bond acceptors (Lipinski definition) is 32. The highest BCUT2D eigenvalue weighted by atomic mass is 35.5. The highest BCUT2D eigenvalue weighted by Gasteiger charge is 2.48. The van der Waals surface area contributed by atoms with Crippen molar-refractivity contribution in [1.82, 2.24) is 71.0 Å². The Kier molecular flexibility index (Phi) is 38.1. The number of ether oxygens (including phenoxy) is 6. The number of hydrogen-bond donors (Lipinski definition) is 11. The lowest BCUT2D eigenvalue weighted by Gasteiger charge is -2.19. The van der Waals surface area contributed by atoms with Crippen LogP contribution < -0.4 is 73.1 Å². The van der Waals surface area contributed by atoms with Crippen molar-refractivity contribution < 1.29 is 116 Å². The zero-order valence-electron chi connectivity index (χ0n) is 76.1. The zero-order valence-corrected chi connectivity index (χ0v) is 78.3. The van der Waals surface area contributed by atoms with Gasteiger partial charge in [0.25, 0.3) is 29.5 Å². The molecule has 3 heterocycles. The molecule has 3 fully saturated rings. The molecule has 37 nitrogen and oxygen atoms in total. The van der Waals surface area contributed by atoms with Crippen molar-refractivity contribution >= 4 is 147 Å². The van der Waals surface area contributed by atoms with E-state index >= 15 is 0 Å². The number of rotatable bonds is 46. The molecule has 140 heavy (non-hydrogen) atoms. The van der Waals surface area contributed by atoms with Crippen molar-refractivity contribution in [2.45, 2.75) is 163 Å². The van der Waals surface area contributed by atoms with Crippen molar-refractivity contribution in [3.05, 3.63) is 194 Å². The van der Waals surface area contributed by atoms with Crippen molar-refractivity contribution in [3.8, 4) is 18.0 Å². The van der Waals surface area contributed by atoms with E-state index in [4.69, 9.17) is 69.0 Å². The molecule has 0 bridgehead atoms. The summed E-state index contributed by atoms with van der Waals surface area (Å²) >= 11 is 18.0. The second-order valence-electron chi connectivity index (χ2n) is 32.2. The number of nitrogens with two attached hydrogens (primary N) is 1. The molecule has 3 atom stereocenters. The molecule has 3 aliphatic rings. The summed E-state index contributed by atoms with van der Waals surface area (Å²) in [5, 5.41) is 30.1. The quantitative estimate of drug-likeness (QED) is 0.00555. The number of likely N-dealkylation sites (N-methyl/N-ethyl adjacent to an activating group) is 2. The number of amides is 5. The van der Waals surface area contributed by atoms with E-state index in [1.165, 1.54) is 101 Å². The van der Waals surface area contributed by atoms with E-state index in [1.807, 2.05) is 36.4 Å². The molecular formula is C91H99Cl3F9N21O16. The summed E-state index contributed by atoms with van der Waals surface area (Å²) in [5.41, 5.74) is 8.49. The van der Waals surface area contributed by atoms with Crippen LogP contribution in [0.4, 0.5) is 92.3 Å². The molecule has 0 saturated heterocycles. The summed E-state index contributed by atoms with van der Waals surface area (Å²) < 4.78 is 145. The van der Waals surface area contributed by atoms with E-state index < -0.39 is 150 Å². The maximum absolute atomic E-state index is 13.0. The second kappa shape index (κ2) is 49.4. The van der Waals surface area contributed by atoms with Crippen molar-refractivity contribution in [3.63, 3.8) is 0 Å². The zero-order chi connectivity index (χ0) is 102. The van der Waals surface area contributed by atoms with E-state index in [0.717, 1.165) is 55.2 Å². The number of nitrogens with one attached hydrogen (secondary N) is 10. The van der Waals surface area contributed by atoms with Crippen molar-refractivity contribution in [2.24, 2.45) is 5.73 Å². The van der Waals surface area contributed by atoms with E-state index in [1.54, 1.807) is 55.5 Å².